The molecule has 6 rings (SSSR count). The average molecular weight is 410 g/mol. The van der Waals surface area contributed by atoms with Gasteiger partial charge in [0.1, 0.15) is 5.75 Å². The van der Waals surface area contributed by atoms with Gasteiger partial charge in [-0.2, -0.15) is 0 Å². The molecule has 1 aromatic carbocycles. The molecule has 0 radical (unpaired) electrons. The Morgan fingerprint density at radius 1 is 1.03 bits per heavy atom. The minimum Gasteiger partial charge on any atom is -0.507 e. The molecule has 29 heavy (non-hydrogen) atoms. The Hall–Kier alpha value is -2.25. The van der Waals surface area contributed by atoms with E-state index in [4.69, 9.17) is 0 Å². The van der Waals surface area contributed by atoms with Crippen LogP contribution < -0.4 is 10.6 Å². The molecule has 1 saturated heterocycles. The summed E-state index contributed by atoms with van der Waals surface area (Å²) in [5.74, 6) is 1.07. The second kappa shape index (κ2) is 7.54. The number of aromatic hydroxyl groups is 1. The molecule has 6 nitrogen and oxygen atoms in total. The number of aryl methyl sites for hydroxylation is 1. The van der Waals surface area contributed by atoms with Crippen molar-refractivity contribution in [3.8, 4) is 17.0 Å². The summed E-state index contributed by atoms with van der Waals surface area (Å²) in [5.41, 5.74) is 4.06. The summed E-state index contributed by atoms with van der Waals surface area (Å²) >= 11 is 1.57. The van der Waals surface area contributed by atoms with E-state index in [2.05, 4.69) is 25.8 Å². The minimum absolute atomic E-state index is 0.223. The van der Waals surface area contributed by atoms with Gasteiger partial charge in [0.25, 0.3) is 0 Å². The number of piperidine rings is 1. The van der Waals surface area contributed by atoms with Crippen LogP contribution in [0, 0.1) is 6.92 Å². The molecule has 2 fully saturated rings. The molecule has 1 spiro atoms. The summed E-state index contributed by atoms with van der Waals surface area (Å²) < 4.78 is 0.986. The van der Waals surface area contributed by atoms with Crippen molar-refractivity contribution in [1.29, 1.82) is 0 Å². The third kappa shape index (κ3) is 3.69. The van der Waals surface area contributed by atoms with E-state index in [1.165, 1.54) is 45.1 Å². The molecule has 0 bridgehead atoms. The summed E-state index contributed by atoms with van der Waals surface area (Å²) in [4.78, 5) is 4.46. The van der Waals surface area contributed by atoms with E-state index in [0.717, 1.165) is 39.6 Å². The van der Waals surface area contributed by atoms with Gasteiger partial charge in [-0.3, -0.25) is 0 Å². The van der Waals surface area contributed by atoms with Gasteiger partial charge in [0.05, 0.1) is 20.9 Å². The zero-order valence-electron chi connectivity index (χ0n) is 16.8. The van der Waals surface area contributed by atoms with Gasteiger partial charge >= 0.3 is 0 Å². The molecule has 0 atom stereocenters. The number of anilines is 1. The lowest BCUT2D eigenvalue weighted by Crippen LogP contribution is -2.53. The summed E-state index contributed by atoms with van der Waals surface area (Å²) in [6.45, 7) is 4.13. The van der Waals surface area contributed by atoms with Gasteiger partial charge < -0.3 is 15.7 Å². The highest BCUT2D eigenvalue weighted by Crippen LogP contribution is 2.38. The lowest BCUT2D eigenvalue weighted by Gasteiger charge is -2.45. The van der Waals surface area contributed by atoms with E-state index >= 15 is 0 Å². The Morgan fingerprint density at radius 2 is 1.90 bits per heavy atom. The second-order valence-corrected chi connectivity index (χ2v) is 9.60. The van der Waals surface area contributed by atoms with E-state index in [-0.39, 0.29) is 5.75 Å². The molecule has 0 amide bonds. The Balaban J connectivity index is 0.000000168. The molecule has 1 aliphatic carbocycles. The molecule has 4 heterocycles. The van der Waals surface area contributed by atoms with Crippen molar-refractivity contribution in [2.45, 2.75) is 57.4 Å². The smallest absolute Gasteiger partial charge is 0.151 e. The van der Waals surface area contributed by atoms with E-state index in [1.54, 1.807) is 17.4 Å². The number of phenols is 1. The van der Waals surface area contributed by atoms with Crippen LogP contribution in [0.25, 0.3) is 21.5 Å². The molecule has 7 heteroatoms. The Bertz CT molecular complexity index is 1040. The summed E-state index contributed by atoms with van der Waals surface area (Å²) in [7, 11) is 0. The van der Waals surface area contributed by atoms with Crippen molar-refractivity contribution in [2.75, 3.05) is 18.4 Å². The van der Waals surface area contributed by atoms with Crippen molar-refractivity contribution < 1.29 is 5.11 Å². The molecular weight excluding hydrogens is 382 g/mol. The van der Waals surface area contributed by atoms with Crippen molar-refractivity contribution in [3.05, 3.63) is 28.8 Å². The second-order valence-electron chi connectivity index (χ2n) is 8.37. The fourth-order valence-corrected chi connectivity index (χ4v) is 5.40. The van der Waals surface area contributed by atoms with Gasteiger partial charge in [0.2, 0.25) is 0 Å². The van der Waals surface area contributed by atoms with E-state index < -0.39 is 0 Å². The summed E-state index contributed by atoms with van der Waals surface area (Å²) in [6.07, 6.45) is 9.63. The number of hydrogen-bond acceptors (Lipinski definition) is 7. The monoisotopic (exact) mass is 409 g/mol. The first-order valence-corrected chi connectivity index (χ1v) is 11.4. The van der Waals surface area contributed by atoms with Crippen LogP contribution in [-0.4, -0.2) is 38.9 Å². The van der Waals surface area contributed by atoms with Crippen LogP contribution in [-0.2, 0) is 6.42 Å². The molecule has 3 aliphatic rings. The fourth-order valence-electron chi connectivity index (χ4n) is 4.56. The van der Waals surface area contributed by atoms with Crippen LogP contribution in [0.15, 0.2) is 18.2 Å². The van der Waals surface area contributed by atoms with Crippen molar-refractivity contribution in [2.24, 2.45) is 0 Å². The van der Waals surface area contributed by atoms with Crippen LogP contribution in [0.2, 0.25) is 0 Å². The number of benzene rings is 1. The highest BCUT2D eigenvalue weighted by molar-refractivity contribution is 7.18. The van der Waals surface area contributed by atoms with Crippen LogP contribution in [0.1, 0.15) is 49.1 Å². The van der Waals surface area contributed by atoms with Crippen molar-refractivity contribution in [3.63, 3.8) is 0 Å². The molecule has 2 aliphatic heterocycles. The van der Waals surface area contributed by atoms with Gasteiger partial charge in [0.15, 0.2) is 5.82 Å². The number of aromatic nitrogens is 3. The lowest BCUT2D eigenvalue weighted by atomic mass is 9.72. The van der Waals surface area contributed by atoms with Gasteiger partial charge in [-0.25, -0.2) is 4.98 Å². The van der Waals surface area contributed by atoms with Crippen LogP contribution in [0.3, 0.4) is 0 Å². The first kappa shape index (κ1) is 18.8. The largest absolute Gasteiger partial charge is 0.507 e. The molecule has 3 aromatic rings. The maximum atomic E-state index is 10.2. The van der Waals surface area contributed by atoms with Crippen LogP contribution in [0.4, 0.5) is 5.82 Å². The van der Waals surface area contributed by atoms with Gasteiger partial charge in [-0.15, -0.1) is 21.5 Å². The van der Waals surface area contributed by atoms with Crippen molar-refractivity contribution >= 4 is 27.4 Å². The molecule has 152 valence electrons. The highest BCUT2D eigenvalue weighted by atomic mass is 32.1. The normalized spacial score (nSPS) is 19.2. The van der Waals surface area contributed by atoms with Crippen LogP contribution >= 0.6 is 11.3 Å². The summed E-state index contributed by atoms with van der Waals surface area (Å²) in [6, 6.07) is 5.62. The molecule has 3 N–H and O–H groups in total. The third-order valence-corrected chi connectivity index (χ3v) is 7.27. The maximum Gasteiger partial charge on any atom is 0.151 e. The number of fused-ring (bicyclic) bond motifs is 2. The van der Waals surface area contributed by atoms with Gasteiger partial charge in [0, 0.05) is 29.3 Å². The van der Waals surface area contributed by atoms with E-state index in [1.807, 2.05) is 19.1 Å². The van der Waals surface area contributed by atoms with E-state index in [0.29, 0.717) is 16.8 Å². The Labute approximate surface area is 174 Å². The molecule has 1 saturated carbocycles. The number of nitrogens with one attached hydrogen (secondary N) is 2. The minimum atomic E-state index is 0.223. The van der Waals surface area contributed by atoms with Gasteiger partial charge in [-0.1, -0.05) is 6.42 Å². The number of rotatable bonds is 1. The number of phenolic OH excluding ortho intramolecular Hbond substituents is 1. The number of nitrogens with zero attached hydrogens (tertiary/aromatic N) is 3. The predicted molar refractivity (Wildman–Crippen MR) is 118 cm³/mol. The molecule has 0 unspecified atom stereocenters. The molecule has 2 aromatic heterocycles. The number of hydrogen-bond donors (Lipinski definition) is 3. The first-order chi connectivity index (χ1) is 14.1. The zero-order valence-corrected chi connectivity index (χ0v) is 17.6. The Kier molecular flexibility index (Phi) is 4.87. The zero-order chi connectivity index (χ0) is 19.8. The first-order valence-electron chi connectivity index (χ1n) is 10.6. The Morgan fingerprint density at radius 3 is 2.62 bits per heavy atom. The highest BCUT2D eigenvalue weighted by Gasteiger charge is 2.36. The summed E-state index contributed by atoms with van der Waals surface area (Å²) in [5, 5.41) is 26.4. The topological polar surface area (TPSA) is 83.0 Å². The quantitative estimate of drug-likeness (QED) is 0.552. The predicted octanol–water partition coefficient (Wildman–Crippen LogP) is 4.42. The maximum absolute atomic E-state index is 10.2. The van der Waals surface area contributed by atoms with Gasteiger partial charge in [-0.05, 0) is 64.1 Å². The standard InChI is InChI=1S/C14H12N4OS.C8H15N/c1-7-16-11-5-9(12(19)6-13(11)20-7)10-4-8-2-3-15-14(8)18-17-10;1-2-7-9-8(4-1)5-3-6-8/h4-6,19H,2-3H2,1H3,(H,15,18);9H,1-7H2. The average Bonchev–Trinajstić information content (AvgIpc) is 3.31. The van der Waals surface area contributed by atoms with Crippen molar-refractivity contribution in [1.82, 2.24) is 20.5 Å². The van der Waals surface area contributed by atoms with E-state index in [9.17, 15) is 5.11 Å². The van der Waals surface area contributed by atoms with Crippen LogP contribution in [0.5, 0.6) is 5.75 Å². The SMILES string of the molecule is C1CCC2(CCC2)NC1.Cc1nc2cc(-c3cc4c(nn3)NCC4)c(O)cc2s1. The third-order valence-electron chi connectivity index (χ3n) is 6.34. The fraction of sp³-hybridized carbons (Fsp3) is 0.500. The number of thiazole rings is 1. The lowest BCUT2D eigenvalue weighted by molar-refractivity contribution is 0.143. The molecular formula is C22H27N5OS.